The van der Waals surface area contributed by atoms with Gasteiger partial charge in [-0.05, 0) is 36.1 Å². The highest BCUT2D eigenvalue weighted by Gasteiger charge is 2.28. The molecule has 4 heteroatoms. The maximum atomic E-state index is 11.6. The molecule has 4 nitrogen and oxygen atoms in total. The van der Waals surface area contributed by atoms with Crippen molar-refractivity contribution < 1.29 is 4.79 Å². The Hall–Kier alpha value is -1.94. The average molecular weight is 311 g/mol. The van der Waals surface area contributed by atoms with Crippen LogP contribution in [0.3, 0.4) is 0 Å². The van der Waals surface area contributed by atoms with Crippen LogP contribution in [0.1, 0.15) is 32.3 Å². The molecule has 1 aromatic heterocycles. The fraction of sp³-hybridized carbons (Fsp3) is 0.474. The minimum atomic E-state index is 0.198. The highest BCUT2D eigenvalue weighted by atomic mass is 16.2. The van der Waals surface area contributed by atoms with Gasteiger partial charge in [0, 0.05) is 44.2 Å². The van der Waals surface area contributed by atoms with Crippen LogP contribution in [0, 0.1) is 5.92 Å². The van der Waals surface area contributed by atoms with Crippen LogP contribution in [0.15, 0.2) is 36.5 Å². The van der Waals surface area contributed by atoms with Gasteiger partial charge >= 0.3 is 0 Å². The van der Waals surface area contributed by atoms with E-state index < -0.39 is 0 Å². The predicted molar refractivity (Wildman–Crippen MR) is 93.0 cm³/mol. The maximum Gasteiger partial charge on any atom is 0.219 e. The molecule has 3 rings (SSSR count). The first-order valence-corrected chi connectivity index (χ1v) is 8.50. The zero-order chi connectivity index (χ0) is 16.2. The Labute approximate surface area is 137 Å². The lowest BCUT2D eigenvalue weighted by Crippen LogP contribution is -2.50. The van der Waals surface area contributed by atoms with Gasteiger partial charge in [-0.2, -0.15) is 0 Å². The van der Waals surface area contributed by atoms with E-state index >= 15 is 0 Å². The summed E-state index contributed by atoms with van der Waals surface area (Å²) >= 11 is 0. The number of nitrogens with one attached hydrogen (secondary N) is 1. The van der Waals surface area contributed by atoms with Gasteiger partial charge in [0.25, 0.3) is 0 Å². The zero-order valence-electron chi connectivity index (χ0n) is 14.0. The predicted octanol–water partition coefficient (Wildman–Crippen LogP) is 2.97. The topological polar surface area (TPSA) is 45.2 Å². The van der Waals surface area contributed by atoms with Crippen LogP contribution in [0.5, 0.6) is 0 Å². The molecule has 2 atom stereocenters. The third-order valence-corrected chi connectivity index (χ3v) is 4.94. The Balaban J connectivity index is 1.63. The van der Waals surface area contributed by atoms with Crippen molar-refractivity contribution in [1.82, 2.24) is 15.2 Å². The van der Waals surface area contributed by atoms with E-state index in [1.165, 1.54) is 10.9 Å². The molecular formula is C19H25N3O. The molecule has 23 heavy (non-hydrogen) atoms. The van der Waals surface area contributed by atoms with E-state index in [1.54, 1.807) is 6.92 Å². The summed E-state index contributed by atoms with van der Waals surface area (Å²) in [6, 6.07) is 11.0. The Bertz CT molecular complexity index is 685. The van der Waals surface area contributed by atoms with Gasteiger partial charge < -0.3 is 10.2 Å². The third-order valence-electron chi connectivity index (χ3n) is 4.94. The quantitative estimate of drug-likeness (QED) is 0.944. The van der Waals surface area contributed by atoms with Crippen molar-refractivity contribution in [2.24, 2.45) is 5.92 Å². The number of rotatable bonds is 4. The third kappa shape index (κ3) is 3.70. The summed E-state index contributed by atoms with van der Waals surface area (Å²) in [6.07, 6.45) is 3.96. The van der Waals surface area contributed by atoms with Gasteiger partial charge in [0.2, 0.25) is 5.91 Å². The molecule has 1 saturated heterocycles. The summed E-state index contributed by atoms with van der Waals surface area (Å²) in [4.78, 5) is 17.9. The van der Waals surface area contributed by atoms with Gasteiger partial charge in [-0.15, -0.1) is 0 Å². The number of piperidine rings is 1. The molecule has 1 fully saturated rings. The first-order valence-electron chi connectivity index (χ1n) is 8.50. The molecular weight excluding hydrogens is 286 g/mol. The van der Waals surface area contributed by atoms with Crippen molar-refractivity contribution in [1.29, 1.82) is 0 Å². The largest absolute Gasteiger partial charge is 0.343 e. The van der Waals surface area contributed by atoms with Gasteiger partial charge in [-0.1, -0.05) is 25.5 Å². The Morgan fingerprint density at radius 2 is 2.26 bits per heavy atom. The molecule has 0 unspecified atom stereocenters. The number of hydrogen-bond acceptors (Lipinski definition) is 3. The monoisotopic (exact) mass is 311 g/mol. The average Bonchev–Trinajstić information content (AvgIpc) is 2.59. The number of likely N-dealkylation sites (tertiary alicyclic amines) is 1. The highest BCUT2D eigenvalue weighted by molar-refractivity contribution is 5.78. The van der Waals surface area contributed by atoms with Gasteiger partial charge in [0.05, 0.1) is 5.52 Å². The van der Waals surface area contributed by atoms with Crippen LogP contribution in [0.25, 0.3) is 10.9 Å². The number of hydrogen-bond donors (Lipinski definition) is 1. The lowest BCUT2D eigenvalue weighted by molar-refractivity contribution is -0.131. The van der Waals surface area contributed by atoms with E-state index in [4.69, 9.17) is 0 Å². The normalized spacial score (nSPS) is 21.6. The van der Waals surface area contributed by atoms with Crippen molar-refractivity contribution in [2.45, 2.75) is 39.3 Å². The van der Waals surface area contributed by atoms with Gasteiger partial charge in [0.1, 0.15) is 0 Å². The van der Waals surface area contributed by atoms with Gasteiger partial charge in [0.15, 0.2) is 0 Å². The smallest absolute Gasteiger partial charge is 0.219 e. The van der Waals surface area contributed by atoms with Crippen LogP contribution in [0.2, 0.25) is 0 Å². The standard InChI is InChI=1S/C19H25N3O/c1-3-16-13-22(14(2)23)10-8-19(16)21-12-15-6-7-18-17(11-15)5-4-9-20-18/h4-7,9,11,16,19,21H,3,8,10,12-13H2,1-2H3/t16-,19-/m1/s1. The molecule has 2 heterocycles. The van der Waals surface area contributed by atoms with Crippen LogP contribution in [-0.2, 0) is 11.3 Å². The molecule has 1 N–H and O–H groups in total. The summed E-state index contributed by atoms with van der Waals surface area (Å²) in [7, 11) is 0. The Kier molecular flexibility index (Phi) is 4.91. The van der Waals surface area contributed by atoms with Crippen molar-refractivity contribution in [3.8, 4) is 0 Å². The number of pyridine rings is 1. The Morgan fingerprint density at radius 1 is 1.39 bits per heavy atom. The molecule has 122 valence electrons. The molecule has 1 aliphatic heterocycles. The second-order valence-electron chi connectivity index (χ2n) is 6.44. The molecule has 0 spiro atoms. The number of carbonyl (C=O) groups excluding carboxylic acids is 1. The highest BCUT2D eigenvalue weighted by Crippen LogP contribution is 2.21. The molecule has 0 radical (unpaired) electrons. The number of amides is 1. The van der Waals surface area contributed by atoms with Gasteiger partial charge in [-0.3, -0.25) is 9.78 Å². The van der Waals surface area contributed by atoms with E-state index in [1.807, 2.05) is 17.2 Å². The molecule has 0 aliphatic carbocycles. The number of benzene rings is 1. The second-order valence-corrected chi connectivity index (χ2v) is 6.44. The summed E-state index contributed by atoms with van der Waals surface area (Å²) in [6.45, 7) is 6.50. The van der Waals surface area contributed by atoms with E-state index in [9.17, 15) is 4.79 Å². The van der Waals surface area contributed by atoms with Crippen molar-refractivity contribution in [3.63, 3.8) is 0 Å². The van der Waals surface area contributed by atoms with Crippen LogP contribution < -0.4 is 5.32 Å². The van der Waals surface area contributed by atoms with Crippen molar-refractivity contribution in [3.05, 3.63) is 42.1 Å². The minimum Gasteiger partial charge on any atom is -0.343 e. The van der Waals surface area contributed by atoms with E-state index in [2.05, 4.69) is 41.5 Å². The first-order chi connectivity index (χ1) is 11.2. The summed E-state index contributed by atoms with van der Waals surface area (Å²) in [5.41, 5.74) is 2.33. The lowest BCUT2D eigenvalue weighted by Gasteiger charge is -2.38. The summed E-state index contributed by atoms with van der Waals surface area (Å²) < 4.78 is 0. The molecule has 2 aromatic rings. The summed E-state index contributed by atoms with van der Waals surface area (Å²) in [5, 5.41) is 4.89. The minimum absolute atomic E-state index is 0.198. The fourth-order valence-electron chi connectivity index (χ4n) is 3.48. The van der Waals surface area contributed by atoms with Crippen LogP contribution in [0.4, 0.5) is 0 Å². The fourth-order valence-corrected chi connectivity index (χ4v) is 3.48. The maximum absolute atomic E-state index is 11.6. The molecule has 1 amide bonds. The van der Waals surface area contributed by atoms with Crippen LogP contribution >= 0.6 is 0 Å². The molecule has 0 saturated carbocycles. The zero-order valence-corrected chi connectivity index (χ0v) is 14.0. The molecule has 0 bridgehead atoms. The molecule has 1 aliphatic rings. The number of nitrogens with zero attached hydrogens (tertiary/aromatic N) is 2. The van der Waals surface area contributed by atoms with Crippen molar-refractivity contribution in [2.75, 3.05) is 13.1 Å². The lowest BCUT2D eigenvalue weighted by atomic mass is 9.89. The van der Waals surface area contributed by atoms with E-state index in [-0.39, 0.29) is 5.91 Å². The van der Waals surface area contributed by atoms with E-state index in [0.717, 1.165) is 38.0 Å². The molecule has 1 aromatic carbocycles. The number of fused-ring (bicyclic) bond motifs is 1. The SMILES string of the molecule is CC[C@@H]1CN(C(C)=O)CC[C@H]1NCc1ccc2ncccc2c1. The number of carbonyl (C=O) groups is 1. The van der Waals surface area contributed by atoms with Crippen LogP contribution in [-0.4, -0.2) is 34.9 Å². The second kappa shape index (κ2) is 7.09. The summed E-state index contributed by atoms with van der Waals surface area (Å²) in [5.74, 6) is 0.735. The van der Waals surface area contributed by atoms with E-state index in [0.29, 0.717) is 12.0 Å². The first kappa shape index (κ1) is 15.9. The Morgan fingerprint density at radius 3 is 3.04 bits per heavy atom. The van der Waals surface area contributed by atoms with Crippen molar-refractivity contribution >= 4 is 16.8 Å². The number of aromatic nitrogens is 1. The van der Waals surface area contributed by atoms with Gasteiger partial charge in [-0.25, -0.2) is 0 Å².